The van der Waals surface area contributed by atoms with Crippen molar-refractivity contribution in [2.75, 3.05) is 24.7 Å². The fourth-order valence-electron chi connectivity index (χ4n) is 6.62. The minimum absolute atomic E-state index is 0.0997. The minimum Gasteiger partial charge on any atom is -0.491 e. The molecule has 53 heavy (non-hydrogen) atoms. The molecule has 9 rings (SSSR count). The third-order valence-electron chi connectivity index (χ3n) is 9.10. The Morgan fingerprint density at radius 2 is 1.13 bits per heavy atom. The van der Waals surface area contributed by atoms with Crippen molar-refractivity contribution in [2.24, 2.45) is 0 Å². The summed E-state index contributed by atoms with van der Waals surface area (Å²) >= 11 is 0. The Bertz CT molecular complexity index is 2170. The molecule has 276 valence electrons. The maximum Gasteiger partial charge on any atom is 0.167 e. The van der Waals surface area contributed by atoms with Gasteiger partial charge in [0.2, 0.25) is 0 Å². The highest BCUT2D eigenvalue weighted by atomic mass is 16.8. The molecule has 4 aromatic heterocycles. The maximum atomic E-state index is 10.4. The summed E-state index contributed by atoms with van der Waals surface area (Å²) in [6.07, 6.45) is 0.636. The fourth-order valence-corrected chi connectivity index (χ4v) is 6.62. The standard InChI is InChI=1S/C19H21N5O4.C16H17N5O4/c1-19(2)27-14-12(8-25-11-6-4-3-5-7-11)26-18(15(14)28-19)24-10-23-13-16(20)21-9-22-17(13)24;17-14-11-15(19-7-18-14)21(8-20-11)16-13(23)12(22)10(25-16)6-24-9-4-2-1-3-5-9/h3-7,9-10,12,14-15,18H,8H2,1-2H3,(H2,20,21,22);1-5,7-8,10,12-13,16,22-23H,6H2,(H2,17,18,19)/t12-,14-,15-,18-;10-,12-,13-,16-/m11/s1. The van der Waals surface area contributed by atoms with Crippen LogP contribution in [-0.2, 0) is 18.9 Å². The van der Waals surface area contributed by atoms with Gasteiger partial charge in [0.05, 0.1) is 12.7 Å². The van der Waals surface area contributed by atoms with Gasteiger partial charge < -0.3 is 50.1 Å². The summed E-state index contributed by atoms with van der Waals surface area (Å²) in [4.78, 5) is 24.8. The van der Waals surface area contributed by atoms with Gasteiger partial charge in [-0.05, 0) is 38.1 Å². The van der Waals surface area contributed by atoms with Crippen LogP contribution in [0.5, 0.6) is 11.5 Å². The summed E-state index contributed by atoms with van der Waals surface area (Å²) in [5.41, 5.74) is 13.6. The summed E-state index contributed by atoms with van der Waals surface area (Å²) in [5, 5.41) is 20.7. The van der Waals surface area contributed by atoms with E-state index in [0.717, 1.165) is 5.75 Å². The van der Waals surface area contributed by atoms with Crippen LogP contribution < -0.4 is 20.9 Å². The number of ether oxygens (including phenoxy) is 6. The number of nitrogen functional groups attached to an aromatic ring is 2. The number of hydrogen-bond acceptors (Lipinski definition) is 16. The van der Waals surface area contributed by atoms with Crippen LogP contribution in [0.15, 0.2) is 86.0 Å². The van der Waals surface area contributed by atoms with Crippen LogP contribution in [0.2, 0.25) is 0 Å². The molecule has 2 aromatic carbocycles. The smallest absolute Gasteiger partial charge is 0.167 e. The second-order valence-corrected chi connectivity index (χ2v) is 13.1. The van der Waals surface area contributed by atoms with Crippen LogP contribution in [0.4, 0.5) is 11.6 Å². The van der Waals surface area contributed by atoms with Gasteiger partial charge in [-0.15, -0.1) is 0 Å². The van der Waals surface area contributed by atoms with Crippen molar-refractivity contribution in [3.05, 3.63) is 86.0 Å². The first kappa shape index (κ1) is 34.6. The van der Waals surface area contributed by atoms with E-state index >= 15 is 0 Å². The molecule has 6 N–H and O–H groups in total. The van der Waals surface area contributed by atoms with Gasteiger partial charge in [-0.1, -0.05) is 36.4 Å². The lowest BCUT2D eigenvalue weighted by molar-refractivity contribution is -0.198. The summed E-state index contributed by atoms with van der Waals surface area (Å²) in [6.45, 7) is 4.22. The molecular weight excluding hydrogens is 688 g/mol. The van der Waals surface area contributed by atoms with Crippen molar-refractivity contribution >= 4 is 34.0 Å². The Morgan fingerprint density at radius 3 is 1.70 bits per heavy atom. The van der Waals surface area contributed by atoms with Gasteiger partial charge in [-0.25, -0.2) is 29.9 Å². The number of nitrogens with two attached hydrogens (primary N) is 2. The van der Waals surface area contributed by atoms with E-state index in [9.17, 15) is 10.2 Å². The first-order valence-electron chi connectivity index (χ1n) is 16.9. The molecule has 0 saturated carbocycles. The highest BCUT2D eigenvalue weighted by Crippen LogP contribution is 2.44. The van der Waals surface area contributed by atoms with E-state index in [1.165, 1.54) is 23.5 Å². The number of hydrogen-bond donors (Lipinski definition) is 4. The molecule has 0 aliphatic carbocycles. The van der Waals surface area contributed by atoms with E-state index in [0.29, 0.717) is 40.5 Å². The Balaban J connectivity index is 0.000000152. The summed E-state index contributed by atoms with van der Waals surface area (Å²) in [7, 11) is 0. The van der Waals surface area contributed by atoms with E-state index in [1.807, 2.05) is 66.9 Å². The molecule has 3 aliphatic heterocycles. The molecule has 0 bridgehead atoms. The lowest BCUT2D eigenvalue weighted by Gasteiger charge is -2.24. The average molecular weight is 727 g/mol. The number of imidazole rings is 2. The van der Waals surface area contributed by atoms with Crippen molar-refractivity contribution in [3.63, 3.8) is 0 Å². The topological polar surface area (TPSA) is 235 Å². The van der Waals surface area contributed by atoms with Crippen LogP contribution in [-0.4, -0.2) is 105 Å². The number of anilines is 2. The number of aliphatic hydroxyl groups excluding tert-OH is 2. The fraction of sp³-hybridized carbons (Fsp3) is 0.371. The van der Waals surface area contributed by atoms with Crippen LogP contribution in [0.3, 0.4) is 0 Å². The average Bonchev–Trinajstić information content (AvgIpc) is 3.98. The number of aromatic nitrogens is 8. The number of para-hydroxylation sites is 2. The molecule has 3 aliphatic rings. The van der Waals surface area contributed by atoms with Crippen molar-refractivity contribution in [2.45, 2.75) is 68.7 Å². The number of rotatable bonds is 8. The normalized spacial score (nSPS) is 27.4. The summed E-state index contributed by atoms with van der Waals surface area (Å²) in [5.74, 6) is 1.28. The lowest BCUT2D eigenvalue weighted by atomic mass is 10.1. The number of aliphatic hydroxyl groups is 2. The first-order chi connectivity index (χ1) is 25.7. The molecule has 7 heterocycles. The second kappa shape index (κ2) is 14.1. The lowest BCUT2D eigenvalue weighted by Crippen LogP contribution is -2.34. The van der Waals surface area contributed by atoms with E-state index in [1.54, 1.807) is 18.5 Å². The van der Waals surface area contributed by atoms with Gasteiger partial charge in [-0.2, -0.15) is 0 Å². The van der Waals surface area contributed by atoms with Gasteiger partial charge in [0, 0.05) is 0 Å². The number of benzene rings is 2. The molecule has 3 saturated heterocycles. The Labute approximate surface area is 302 Å². The van der Waals surface area contributed by atoms with E-state index in [2.05, 4.69) is 29.9 Å². The first-order valence-corrected chi connectivity index (χ1v) is 16.9. The summed E-state index contributed by atoms with van der Waals surface area (Å²) < 4.78 is 39.2. The Kier molecular flexibility index (Phi) is 9.23. The molecule has 0 radical (unpaired) electrons. The highest BCUT2D eigenvalue weighted by Gasteiger charge is 2.56. The van der Waals surface area contributed by atoms with E-state index in [4.69, 9.17) is 39.9 Å². The summed E-state index contributed by atoms with van der Waals surface area (Å²) in [6, 6.07) is 18.8. The Hall–Kier alpha value is -5.50. The van der Waals surface area contributed by atoms with Crippen molar-refractivity contribution in [3.8, 4) is 11.5 Å². The van der Waals surface area contributed by atoms with E-state index in [-0.39, 0.29) is 30.7 Å². The highest BCUT2D eigenvalue weighted by molar-refractivity contribution is 5.81. The zero-order valence-electron chi connectivity index (χ0n) is 28.7. The van der Waals surface area contributed by atoms with Gasteiger partial charge in [-0.3, -0.25) is 9.13 Å². The van der Waals surface area contributed by atoms with Crippen molar-refractivity contribution < 1.29 is 38.6 Å². The molecule has 18 nitrogen and oxygen atoms in total. The molecule has 0 amide bonds. The SMILES string of the molecule is CC1(C)O[C@@H]2[C@H](O1)[C@@H](COc1ccccc1)O[C@H]2n1cnc2c(N)ncnc21.Nc1ncnc2c1ncn2[C@@H]1O[C@H](COc2ccccc2)[C@@H](O)[C@H]1O. The van der Waals surface area contributed by atoms with Gasteiger partial charge in [0.25, 0.3) is 0 Å². The molecule has 6 aromatic rings. The van der Waals surface area contributed by atoms with Crippen LogP contribution >= 0.6 is 0 Å². The minimum atomic E-state index is -1.15. The zero-order valence-corrected chi connectivity index (χ0v) is 28.7. The predicted molar refractivity (Wildman–Crippen MR) is 187 cm³/mol. The third-order valence-corrected chi connectivity index (χ3v) is 9.10. The van der Waals surface area contributed by atoms with Crippen LogP contribution in [0.1, 0.15) is 26.3 Å². The maximum absolute atomic E-state index is 10.4. The van der Waals surface area contributed by atoms with Gasteiger partial charge in [0.1, 0.15) is 85.0 Å². The van der Waals surface area contributed by atoms with E-state index < -0.39 is 36.6 Å². The van der Waals surface area contributed by atoms with Crippen LogP contribution in [0, 0.1) is 0 Å². The molecule has 3 fully saturated rings. The predicted octanol–water partition coefficient (Wildman–Crippen LogP) is 2.01. The Morgan fingerprint density at radius 1 is 0.642 bits per heavy atom. The van der Waals surface area contributed by atoms with Gasteiger partial charge >= 0.3 is 0 Å². The quantitative estimate of drug-likeness (QED) is 0.176. The molecule has 0 unspecified atom stereocenters. The number of nitrogens with zero attached hydrogens (tertiary/aromatic N) is 8. The zero-order chi connectivity index (χ0) is 36.7. The molecular formula is C35H38N10O8. The largest absolute Gasteiger partial charge is 0.491 e. The van der Waals surface area contributed by atoms with Crippen molar-refractivity contribution in [1.82, 2.24) is 39.0 Å². The molecule has 0 spiro atoms. The number of fused-ring (bicyclic) bond motifs is 3. The van der Waals surface area contributed by atoms with Gasteiger partial charge in [0.15, 0.2) is 41.2 Å². The molecule has 18 heteroatoms. The molecule has 8 atom stereocenters. The second-order valence-electron chi connectivity index (χ2n) is 13.1. The third kappa shape index (κ3) is 6.78. The monoisotopic (exact) mass is 726 g/mol. The van der Waals surface area contributed by atoms with Crippen LogP contribution in [0.25, 0.3) is 22.3 Å². The van der Waals surface area contributed by atoms with Crippen molar-refractivity contribution in [1.29, 1.82) is 0 Å².